The number of aryl methyl sites for hydroxylation is 1. The summed E-state index contributed by atoms with van der Waals surface area (Å²) in [5.74, 6) is 0.404. The Morgan fingerprint density at radius 1 is 1.30 bits per heavy atom. The Kier molecular flexibility index (Phi) is 5.38. The highest BCUT2D eigenvalue weighted by molar-refractivity contribution is 7.89. The molecule has 1 atom stereocenters. The van der Waals surface area contributed by atoms with Gasteiger partial charge in [-0.15, -0.1) is 0 Å². The molecule has 2 rings (SSSR count). The minimum absolute atomic E-state index is 0.139. The van der Waals surface area contributed by atoms with Crippen molar-refractivity contribution in [1.29, 1.82) is 0 Å². The summed E-state index contributed by atoms with van der Waals surface area (Å²) >= 11 is 0. The van der Waals surface area contributed by atoms with Gasteiger partial charge in [0.1, 0.15) is 4.90 Å². The number of sulfonamides is 1. The van der Waals surface area contributed by atoms with Crippen LogP contribution in [0.15, 0.2) is 23.4 Å². The van der Waals surface area contributed by atoms with Gasteiger partial charge in [0.25, 0.3) is 0 Å². The van der Waals surface area contributed by atoms with Gasteiger partial charge in [-0.2, -0.15) is 5.10 Å². The minimum atomic E-state index is -3.61. The van der Waals surface area contributed by atoms with E-state index in [2.05, 4.69) is 28.7 Å². The Morgan fingerprint density at radius 3 is 2.61 bits per heavy atom. The smallest absolute Gasteiger partial charge is 0.242 e. The van der Waals surface area contributed by atoms with Crippen LogP contribution in [-0.4, -0.2) is 54.8 Å². The first-order valence-electron chi connectivity index (χ1n) is 7.64. The van der Waals surface area contributed by atoms with Gasteiger partial charge in [0, 0.05) is 31.2 Å². The molecule has 0 radical (unpaired) electrons. The molecule has 2 heterocycles. The first-order valence-corrected chi connectivity index (χ1v) is 9.12. The fourth-order valence-corrected chi connectivity index (χ4v) is 3.85. The van der Waals surface area contributed by atoms with E-state index < -0.39 is 10.0 Å². The molecule has 0 aliphatic heterocycles. The fraction of sp³-hybridized carbons (Fsp3) is 0.600. The molecule has 0 spiro atoms. The van der Waals surface area contributed by atoms with Gasteiger partial charge in [-0.3, -0.25) is 4.68 Å². The predicted molar refractivity (Wildman–Crippen MR) is 90.6 cm³/mol. The van der Waals surface area contributed by atoms with E-state index >= 15 is 0 Å². The van der Waals surface area contributed by atoms with Gasteiger partial charge in [-0.1, -0.05) is 13.8 Å². The average Bonchev–Trinajstić information content (AvgIpc) is 2.78. The molecular weight excluding hydrogens is 314 g/mol. The third-order valence-electron chi connectivity index (χ3n) is 3.52. The van der Waals surface area contributed by atoms with Gasteiger partial charge in [-0.25, -0.2) is 18.1 Å². The summed E-state index contributed by atoms with van der Waals surface area (Å²) < 4.78 is 29.7. The monoisotopic (exact) mass is 339 g/mol. The highest BCUT2D eigenvalue weighted by Crippen LogP contribution is 2.17. The molecule has 0 amide bonds. The average molecular weight is 339 g/mol. The standard InChI is InChI=1S/C15H25N5O2S/c1-11(2)6-13(10-19(3)4)18-23(21,22)14-7-12-8-17-20(5)15(12)16-9-14/h7-9,11,13,18H,6,10H2,1-5H3. The van der Waals surface area contributed by atoms with Crippen LogP contribution in [-0.2, 0) is 17.1 Å². The summed E-state index contributed by atoms with van der Waals surface area (Å²) in [6.07, 6.45) is 3.78. The second kappa shape index (κ2) is 6.94. The van der Waals surface area contributed by atoms with Crippen molar-refractivity contribution in [3.8, 4) is 0 Å². The minimum Gasteiger partial charge on any atom is -0.308 e. The zero-order valence-corrected chi connectivity index (χ0v) is 15.1. The summed E-state index contributed by atoms with van der Waals surface area (Å²) in [7, 11) is 2.04. The molecular formula is C15H25N5O2S. The van der Waals surface area contributed by atoms with Crippen LogP contribution in [0, 0.1) is 5.92 Å². The highest BCUT2D eigenvalue weighted by Gasteiger charge is 2.22. The maximum Gasteiger partial charge on any atom is 0.242 e. The number of pyridine rings is 1. The third kappa shape index (κ3) is 4.49. The van der Waals surface area contributed by atoms with E-state index in [0.717, 1.165) is 6.42 Å². The van der Waals surface area contributed by atoms with Gasteiger partial charge in [0.05, 0.1) is 6.20 Å². The molecule has 0 bridgehead atoms. The molecule has 7 nitrogen and oxygen atoms in total. The molecule has 1 unspecified atom stereocenters. The van der Waals surface area contributed by atoms with Crippen molar-refractivity contribution in [3.05, 3.63) is 18.5 Å². The number of nitrogens with zero attached hydrogens (tertiary/aromatic N) is 4. The van der Waals surface area contributed by atoms with Crippen LogP contribution in [0.25, 0.3) is 11.0 Å². The Bertz CT molecular complexity index is 757. The van der Waals surface area contributed by atoms with Crippen LogP contribution in [0.1, 0.15) is 20.3 Å². The Labute approximate surface area is 137 Å². The molecule has 128 valence electrons. The molecule has 0 fully saturated rings. The number of hydrogen-bond acceptors (Lipinski definition) is 5. The van der Waals surface area contributed by atoms with E-state index in [1.165, 1.54) is 6.20 Å². The summed E-state index contributed by atoms with van der Waals surface area (Å²) in [6.45, 7) is 4.82. The van der Waals surface area contributed by atoms with Crippen molar-refractivity contribution >= 4 is 21.1 Å². The van der Waals surface area contributed by atoms with Crippen molar-refractivity contribution in [1.82, 2.24) is 24.4 Å². The van der Waals surface area contributed by atoms with Gasteiger partial charge < -0.3 is 4.90 Å². The first kappa shape index (κ1) is 17.8. The molecule has 2 aromatic heterocycles. The van der Waals surface area contributed by atoms with Gasteiger partial charge in [0.2, 0.25) is 10.0 Å². The van der Waals surface area contributed by atoms with E-state index in [4.69, 9.17) is 0 Å². The van der Waals surface area contributed by atoms with E-state index in [0.29, 0.717) is 23.5 Å². The van der Waals surface area contributed by atoms with E-state index in [1.807, 2.05) is 19.0 Å². The molecule has 23 heavy (non-hydrogen) atoms. The van der Waals surface area contributed by atoms with Crippen LogP contribution >= 0.6 is 0 Å². The maximum absolute atomic E-state index is 12.7. The third-order valence-corrected chi connectivity index (χ3v) is 5.01. The number of hydrogen-bond donors (Lipinski definition) is 1. The van der Waals surface area contributed by atoms with Crippen LogP contribution in [0.2, 0.25) is 0 Å². The van der Waals surface area contributed by atoms with Crippen molar-refractivity contribution in [2.75, 3.05) is 20.6 Å². The van der Waals surface area contributed by atoms with Crippen molar-refractivity contribution in [2.45, 2.75) is 31.2 Å². The number of rotatable bonds is 7. The Hall–Kier alpha value is -1.51. The lowest BCUT2D eigenvalue weighted by Crippen LogP contribution is -2.42. The van der Waals surface area contributed by atoms with Crippen molar-refractivity contribution in [3.63, 3.8) is 0 Å². The molecule has 0 aliphatic carbocycles. The largest absolute Gasteiger partial charge is 0.308 e. The normalized spacial score (nSPS) is 14.0. The van der Waals surface area contributed by atoms with Gasteiger partial charge >= 0.3 is 0 Å². The first-order chi connectivity index (χ1) is 10.7. The predicted octanol–water partition coefficient (Wildman–Crippen LogP) is 1.22. The Balaban J connectivity index is 2.26. The summed E-state index contributed by atoms with van der Waals surface area (Å²) in [5.41, 5.74) is 0.663. The van der Waals surface area contributed by atoms with Crippen molar-refractivity contribution in [2.24, 2.45) is 13.0 Å². The lowest BCUT2D eigenvalue weighted by molar-refractivity contribution is 0.329. The number of fused-ring (bicyclic) bond motifs is 1. The lowest BCUT2D eigenvalue weighted by atomic mass is 10.0. The maximum atomic E-state index is 12.7. The van der Waals surface area contributed by atoms with Crippen molar-refractivity contribution < 1.29 is 8.42 Å². The number of likely N-dealkylation sites (N-methyl/N-ethyl adjacent to an activating group) is 1. The van der Waals surface area contributed by atoms with E-state index in [-0.39, 0.29) is 10.9 Å². The molecule has 0 saturated carbocycles. The van der Waals surface area contributed by atoms with Crippen LogP contribution in [0.4, 0.5) is 0 Å². The Morgan fingerprint density at radius 2 is 2.00 bits per heavy atom. The summed E-state index contributed by atoms with van der Waals surface area (Å²) in [6, 6.07) is 1.47. The molecule has 0 aliphatic rings. The van der Waals surface area contributed by atoms with Crippen LogP contribution < -0.4 is 4.72 Å². The molecule has 2 aromatic rings. The van der Waals surface area contributed by atoms with E-state index in [1.54, 1.807) is 24.0 Å². The van der Waals surface area contributed by atoms with Gasteiger partial charge in [0.15, 0.2) is 5.65 Å². The number of nitrogens with one attached hydrogen (secondary N) is 1. The molecule has 0 saturated heterocycles. The SMILES string of the molecule is CC(C)CC(CN(C)C)NS(=O)(=O)c1cnc2c(cnn2C)c1. The van der Waals surface area contributed by atoms with Crippen LogP contribution in [0.5, 0.6) is 0 Å². The highest BCUT2D eigenvalue weighted by atomic mass is 32.2. The molecule has 8 heteroatoms. The zero-order chi connectivity index (χ0) is 17.2. The second-order valence-electron chi connectivity index (χ2n) is 6.56. The summed E-state index contributed by atoms with van der Waals surface area (Å²) in [4.78, 5) is 6.36. The number of aromatic nitrogens is 3. The molecule has 0 aromatic carbocycles. The molecule has 1 N–H and O–H groups in total. The summed E-state index contributed by atoms with van der Waals surface area (Å²) in [5, 5.41) is 4.80. The zero-order valence-electron chi connectivity index (χ0n) is 14.3. The van der Waals surface area contributed by atoms with Gasteiger partial charge in [-0.05, 0) is 32.5 Å². The lowest BCUT2D eigenvalue weighted by Gasteiger charge is -2.23. The topological polar surface area (TPSA) is 80.1 Å². The second-order valence-corrected chi connectivity index (χ2v) is 8.28. The van der Waals surface area contributed by atoms with E-state index in [9.17, 15) is 8.42 Å². The quantitative estimate of drug-likeness (QED) is 0.820. The van der Waals surface area contributed by atoms with Crippen LogP contribution in [0.3, 0.4) is 0 Å². The fourth-order valence-electron chi connectivity index (χ4n) is 2.63.